The van der Waals surface area contributed by atoms with Crippen LogP contribution in [0.25, 0.3) is 0 Å². The highest BCUT2D eigenvalue weighted by Gasteiger charge is 2.08. The monoisotopic (exact) mass is 296 g/mol. The molecule has 0 fully saturated rings. The summed E-state index contributed by atoms with van der Waals surface area (Å²) in [7, 11) is 0. The number of carbonyl (C=O) groups excluding carboxylic acids is 1. The van der Waals surface area contributed by atoms with Crippen LogP contribution in [-0.4, -0.2) is 16.6 Å². The number of hydrogen-bond donors (Lipinski definition) is 1. The van der Waals surface area contributed by atoms with E-state index >= 15 is 0 Å². The predicted molar refractivity (Wildman–Crippen MR) is 75.0 cm³/mol. The Morgan fingerprint density at radius 2 is 2.11 bits per heavy atom. The Morgan fingerprint density at radius 3 is 2.84 bits per heavy atom. The molecule has 1 aromatic heterocycles. The number of anilines is 1. The maximum Gasteiger partial charge on any atom is 0.234 e. The highest BCUT2D eigenvalue weighted by atomic mass is 35.5. The molecule has 0 aliphatic heterocycles. The zero-order valence-corrected chi connectivity index (χ0v) is 11.3. The molecule has 1 amide bonds. The molecule has 3 nitrogen and oxygen atoms in total. The van der Waals surface area contributed by atoms with Crippen LogP contribution in [0.1, 0.15) is 0 Å². The summed E-state index contributed by atoms with van der Waals surface area (Å²) in [6, 6.07) is 9.64. The first-order valence-corrected chi connectivity index (χ1v) is 6.81. The van der Waals surface area contributed by atoms with Gasteiger partial charge in [0.1, 0.15) is 5.82 Å². The Bertz CT molecular complexity index is 594. The lowest BCUT2D eigenvalue weighted by atomic mass is 10.3. The van der Waals surface area contributed by atoms with Gasteiger partial charge in [0.05, 0.1) is 11.4 Å². The molecule has 1 aromatic carbocycles. The minimum Gasteiger partial charge on any atom is -0.323 e. The molecule has 0 saturated heterocycles. The molecule has 6 heteroatoms. The number of aromatic nitrogens is 1. The number of nitrogens with one attached hydrogen (secondary N) is 1. The van der Waals surface area contributed by atoms with Crippen LogP contribution in [0.2, 0.25) is 5.15 Å². The van der Waals surface area contributed by atoms with Gasteiger partial charge < -0.3 is 5.32 Å². The Hall–Kier alpha value is -1.59. The van der Waals surface area contributed by atoms with E-state index in [0.717, 1.165) is 11.8 Å². The highest BCUT2D eigenvalue weighted by molar-refractivity contribution is 8.00. The molecule has 19 heavy (non-hydrogen) atoms. The lowest BCUT2D eigenvalue weighted by molar-refractivity contribution is -0.113. The number of amides is 1. The van der Waals surface area contributed by atoms with E-state index in [1.165, 1.54) is 12.3 Å². The standard InChI is InChI=1S/C13H10ClFN2OS/c14-13-10(5-3-7-16-13)17-12(18)8-19-11-6-2-1-4-9(11)15/h1-7H,8H2,(H,17,18). The van der Waals surface area contributed by atoms with E-state index in [9.17, 15) is 9.18 Å². The molecule has 2 rings (SSSR count). The fourth-order valence-electron chi connectivity index (χ4n) is 1.37. The van der Waals surface area contributed by atoms with E-state index in [1.54, 1.807) is 30.3 Å². The van der Waals surface area contributed by atoms with Crippen molar-refractivity contribution in [2.24, 2.45) is 0 Å². The van der Waals surface area contributed by atoms with Crippen LogP contribution >= 0.6 is 23.4 Å². The molecule has 0 unspecified atom stereocenters. The second-order valence-electron chi connectivity index (χ2n) is 3.61. The highest BCUT2D eigenvalue weighted by Crippen LogP contribution is 2.22. The molecule has 0 aliphatic rings. The van der Waals surface area contributed by atoms with Crippen LogP contribution in [0.3, 0.4) is 0 Å². The first-order chi connectivity index (χ1) is 9.16. The minimum absolute atomic E-state index is 0.103. The first-order valence-electron chi connectivity index (χ1n) is 5.44. The van der Waals surface area contributed by atoms with Gasteiger partial charge >= 0.3 is 0 Å². The van der Waals surface area contributed by atoms with Crippen LogP contribution in [0.5, 0.6) is 0 Å². The summed E-state index contributed by atoms with van der Waals surface area (Å²) in [5.74, 6) is -0.491. The molecule has 1 N–H and O–H groups in total. The summed E-state index contributed by atoms with van der Waals surface area (Å²) in [6.07, 6.45) is 1.53. The number of benzene rings is 1. The van der Waals surface area contributed by atoms with E-state index < -0.39 is 0 Å². The van der Waals surface area contributed by atoms with E-state index in [2.05, 4.69) is 10.3 Å². The molecule has 0 saturated carbocycles. The van der Waals surface area contributed by atoms with Crippen molar-refractivity contribution in [1.82, 2.24) is 4.98 Å². The lowest BCUT2D eigenvalue weighted by Crippen LogP contribution is -2.14. The largest absolute Gasteiger partial charge is 0.323 e. The first kappa shape index (κ1) is 13.8. The summed E-state index contributed by atoms with van der Waals surface area (Å²) in [4.78, 5) is 16.0. The van der Waals surface area contributed by atoms with E-state index in [1.807, 2.05) is 0 Å². The summed E-state index contributed by atoms with van der Waals surface area (Å²) in [5, 5.41) is 2.85. The fraction of sp³-hybridized carbons (Fsp3) is 0.0769. The van der Waals surface area contributed by atoms with Crippen molar-refractivity contribution in [3.63, 3.8) is 0 Å². The van der Waals surface area contributed by atoms with Gasteiger partial charge in [0, 0.05) is 11.1 Å². The minimum atomic E-state index is -0.334. The van der Waals surface area contributed by atoms with Crippen LogP contribution in [-0.2, 0) is 4.79 Å². The normalized spacial score (nSPS) is 10.2. The Morgan fingerprint density at radius 1 is 1.32 bits per heavy atom. The number of halogens is 2. The van der Waals surface area contributed by atoms with Gasteiger partial charge in [0.25, 0.3) is 0 Å². The van der Waals surface area contributed by atoms with E-state index in [0.29, 0.717) is 10.6 Å². The van der Waals surface area contributed by atoms with Crippen molar-refractivity contribution >= 4 is 35.0 Å². The number of pyridine rings is 1. The Balaban J connectivity index is 1.92. The number of hydrogen-bond acceptors (Lipinski definition) is 3. The fourth-order valence-corrected chi connectivity index (χ4v) is 2.28. The average molecular weight is 297 g/mol. The quantitative estimate of drug-likeness (QED) is 0.692. The van der Waals surface area contributed by atoms with Gasteiger partial charge in [0.2, 0.25) is 5.91 Å². The predicted octanol–water partition coefficient (Wildman–Crippen LogP) is 3.60. The smallest absolute Gasteiger partial charge is 0.234 e. The molecule has 1 heterocycles. The van der Waals surface area contributed by atoms with E-state index in [-0.39, 0.29) is 22.6 Å². The third-order valence-corrected chi connectivity index (χ3v) is 3.58. The van der Waals surface area contributed by atoms with Crippen LogP contribution in [0.4, 0.5) is 10.1 Å². The maximum absolute atomic E-state index is 13.3. The maximum atomic E-state index is 13.3. The second kappa shape index (κ2) is 6.54. The average Bonchev–Trinajstić information content (AvgIpc) is 2.40. The van der Waals surface area contributed by atoms with Gasteiger partial charge in [-0.25, -0.2) is 9.37 Å². The number of nitrogens with zero attached hydrogens (tertiary/aromatic N) is 1. The number of thioether (sulfide) groups is 1. The second-order valence-corrected chi connectivity index (χ2v) is 4.98. The van der Waals surface area contributed by atoms with Gasteiger partial charge in [-0.15, -0.1) is 11.8 Å². The molecule has 0 spiro atoms. The Kier molecular flexibility index (Phi) is 4.76. The molecule has 2 aromatic rings. The van der Waals surface area contributed by atoms with Crippen molar-refractivity contribution in [3.05, 3.63) is 53.6 Å². The van der Waals surface area contributed by atoms with Crippen molar-refractivity contribution < 1.29 is 9.18 Å². The van der Waals surface area contributed by atoms with Crippen molar-refractivity contribution in [3.8, 4) is 0 Å². The lowest BCUT2D eigenvalue weighted by Gasteiger charge is -2.06. The van der Waals surface area contributed by atoms with Gasteiger partial charge in [-0.3, -0.25) is 4.79 Å². The molecular formula is C13H10ClFN2OS. The van der Waals surface area contributed by atoms with Crippen LogP contribution < -0.4 is 5.32 Å². The third-order valence-electron chi connectivity index (χ3n) is 2.23. The number of rotatable bonds is 4. The van der Waals surface area contributed by atoms with Gasteiger partial charge in [0.15, 0.2) is 5.15 Å². The zero-order valence-electron chi connectivity index (χ0n) is 9.77. The van der Waals surface area contributed by atoms with Crippen LogP contribution in [0, 0.1) is 5.82 Å². The van der Waals surface area contributed by atoms with Crippen molar-refractivity contribution in [2.75, 3.05) is 11.1 Å². The van der Waals surface area contributed by atoms with Crippen LogP contribution in [0.15, 0.2) is 47.5 Å². The molecule has 0 aliphatic carbocycles. The summed E-state index contributed by atoms with van der Waals surface area (Å²) >= 11 is 6.95. The summed E-state index contributed by atoms with van der Waals surface area (Å²) in [5.41, 5.74) is 0.448. The molecule has 0 radical (unpaired) electrons. The molecule has 0 atom stereocenters. The topological polar surface area (TPSA) is 42.0 Å². The summed E-state index contributed by atoms with van der Waals surface area (Å²) < 4.78 is 13.3. The van der Waals surface area contributed by atoms with Crippen molar-refractivity contribution in [2.45, 2.75) is 4.90 Å². The third kappa shape index (κ3) is 3.94. The van der Waals surface area contributed by atoms with Crippen molar-refractivity contribution in [1.29, 1.82) is 0 Å². The Labute approximate surface area is 119 Å². The zero-order chi connectivity index (χ0) is 13.7. The number of carbonyl (C=O) groups is 1. The SMILES string of the molecule is O=C(CSc1ccccc1F)Nc1cccnc1Cl. The van der Waals surface area contributed by atoms with Gasteiger partial charge in [-0.05, 0) is 24.3 Å². The summed E-state index contributed by atoms with van der Waals surface area (Å²) in [6.45, 7) is 0. The molecule has 0 bridgehead atoms. The van der Waals surface area contributed by atoms with E-state index in [4.69, 9.17) is 11.6 Å². The molecule has 98 valence electrons. The van der Waals surface area contributed by atoms with Gasteiger partial charge in [-0.1, -0.05) is 23.7 Å². The van der Waals surface area contributed by atoms with Gasteiger partial charge in [-0.2, -0.15) is 0 Å². The molecular weight excluding hydrogens is 287 g/mol.